The number of hydrogen-bond acceptors (Lipinski definition) is 3. The number of guanidine groups is 1. The maximum Gasteiger partial charge on any atom is 0.194 e. The summed E-state index contributed by atoms with van der Waals surface area (Å²) in [7, 11) is 2.01. The van der Waals surface area contributed by atoms with Crippen LogP contribution in [0.2, 0.25) is 5.02 Å². The lowest BCUT2D eigenvalue weighted by Crippen LogP contribution is -2.38. The van der Waals surface area contributed by atoms with Gasteiger partial charge in [0.05, 0.1) is 0 Å². The average molecular weight is 463 g/mol. The minimum absolute atomic E-state index is 0. The van der Waals surface area contributed by atoms with Crippen LogP contribution in [0, 0.1) is 0 Å². The fourth-order valence-electron chi connectivity index (χ4n) is 2.26. The number of aliphatic imine (C=N–C) groups is 1. The predicted octanol–water partition coefficient (Wildman–Crippen LogP) is 3.17. The van der Waals surface area contributed by atoms with Gasteiger partial charge in [-0.25, -0.2) is 4.99 Å². The van der Waals surface area contributed by atoms with Crippen LogP contribution in [0.25, 0.3) is 0 Å². The summed E-state index contributed by atoms with van der Waals surface area (Å²) in [5, 5.41) is 12.1. The quantitative estimate of drug-likeness (QED) is 0.407. The number of aromatic nitrogens is 3. The van der Waals surface area contributed by atoms with E-state index in [2.05, 4.69) is 45.3 Å². The molecule has 1 aromatic carbocycles. The molecule has 2 aromatic rings. The third kappa shape index (κ3) is 5.94. The predicted molar refractivity (Wildman–Crippen MR) is 109 cm³/mol. The van der Waals surface area contributed by atoms with Crippen LogP contribution in [-0.4, -0.2) is 39.2 Å². The average Bonchev–Trinajstić information content (AvgIpc) is 2.98. The highest BCUT2D eigenvalue weighted by atomic mass is 127. The van der Waals surface area contributed by atoms with Crippen molar-refractivity contribution in [1.29, 1.82) is 0 Å². The first-order chi connectivity index (χ1) is 11.1. The topological polar surface area (TPSA) is 58.3 Å². The molecule has 0 spiro atoms. The van der Waals surface area contributed by atoms with Gasteiger partial charge in [-0.1, -0.05) is 23.7 Å². The van der Waals surface area contributed by atoms with Crippen molar-refractivity contribution in [2.45, 2.75) is 33.5 Å². The molecule has 0 fully saturated rings. The van der Waals surface area contributed by atoms with Gasteiger partial charge in [-0.2, -0.15) is 0 Å². The fraction of sp³-hybridized carbons (Fsp3) is 0.438. The highest BCUT2D eigenvalue weighted by Crippen LogP contribution is 2.12. The van der Waals surface area contributed by atoms with Crippen molar-refractivity contribution in [1.82, 2.24) is 25.0 Å². The van der Waals surface area contributed by atoms with Gasteiger partial charge in [0.1, 0.15) is 12.9 Å². The second kappa shape index (κ2) is 10.5. The lowest BCUT2D eigenvalue weighted by atomic mass is 10.2. The molecule has 1 aromatic heterocycles. The van der Waals surface area contributed by atoms with Crippen molar-refractivity contribution in [2.75, 3.05) is 13.6 Å². The first-order valence-corrected chi connectivity index (χ1v) is 8.12. The van der Waals surface area contributed by atoms with Gasteiger partial charge in [-0.05, 0) is 31.5 Å². The summed E-state index contributed by atoms with van der Waals surface area (Å²) < 4.78 is 1.99. The summed E-state index contributed by atoms with van der Waals surface area (Å²) in [5.41, 5.74) is 1.14. The molecule has 0 aliphatic carbocycles. The Labute approximate surface area is 165 Å². The summed E-state index contributed by atoms with van der Waals surface area (Å²) in [6.45, 7) is 6.99. The Kier molecular flexibility index (Phi) is 9.05. The SMILES string of the molecule is CCNC(=NCc1nncn1CC)N(C)Cc1cccc(Cl)c1.I. The molecule has 132 valence electrons. The van der Waals surface area contributed by atoms with Gasteiger partial charge < -0.3 is 14.8 Å². The van der Waals surface area contributed by atoms with E-state index in [-0.39, 0.29) is 24.0 Å². The Hall–Kier alpha value is -1.35. The molecular weight excluding hydrogens is 439 g/mol. The van der Waals surface area contributed by atoms with E-state index in [0.717, 1.165) is 42.0 Å². The summed E-state index contributed by atoms with van der Waals surface area (Å²) >= 11 is 6.05. The molecule has 0 saturated heterocycles. The lowest BCUT2D eigenvalue weighted by Gasteiger charge is -2.22. The second-order valence-electron chi connectivity index (χ2n) is 5.19. The van der Waals surface area contributed by atoms with E-state index < -0.39 is 0 Å². The normalized spacial score (nSPS) is 11.1. The smallest absolute Gasteiger partial charge is 0.194 e. The number of nitrogens with one attached hydrogen (secondary N) is 1. The molecule has 0 aliphatic rings. The van der Waals surface area contributed by atoms with Crippen LogP contribution in [0.1, 0.15) is 25.2 Å². The third-order valence-electron chi connectivity index (χ3n) is 3.41. The number of rotatable bonds is 6. The highest BCUT2D eigenvalue weighted by molar-refractivity contribution is 14.0. The zero-order chi connectivity index (χ0) is 16.7. The van der Waals surface area contributed by atoms with Crippen molar-refractivity contribution >= 4 is 41.5 Å². The first-order valence-electron chi connectivity index (χ1n) is 7.74. The van der Waals surface area contributed by atoms with Gasteiger partial charge in [0.2, 0.25) is 0 Å². The van der Waals surface area contributed by atoms with Crippen LogP contribution < -0.4 is 5.32 Å². The largest absolute Gasteiger partial charge is 0.357 e. The number of aryl methyl sites for hydroxylation is 1. The van der Waals surface area contributed by atoms with Gasteiger partial charge in [0, 0.05) is 31.7 Å². The minimum Gasteiger partial charge on any atom is -0.357 e. The zero-order valence-electron chi connectivity index (χ0n) is 14.2. The number of nitrogens with zero attached hydrogens (tertiary/aromatic N) is 5. The van der Waals surface area contributed by atoms with Gasteiger partial charge in [-0.3, -0.25) is 0 Å². The van der Waals surface area contributed by atoms with Gasteiger partial charge >= 0.3 is 0 Å². The molecule has 6 nitrogen and oxygen atoms in total. The number of benzene rings is 1. The molecule has 1 N–H and O–H groups in total. The second-order valence-corrected chi connectivity index (χ2v) is 5.63. The number of hydrogen-bond donors (Lipinski definition) is 1. The molecule has 8 heteroatoms. The van der Waals surface area contributed by atoms with E-state index >= 15 is 0 Å². The van der Waals surface area contributed by atoms with Crippen molar-refractivity contribution in [2.24, 2.45) is 4.99 Å². The van der Waals surface area contributed by atoms with E-state index in [1.807, 2.05) is 29.8 Å². The van der Waals surface area contributed by atoms with E-state index in [1.54, 1.807) is 6.33 Å². The first kappa shape index (κ1) is 20.7. The van der Waals surface area contributed by atoms with E-state index in [1.165, 1.54) is 0 Å². The minimum atomic E-state index is 0. The molecule has 2 rings (SSSR count). The Morgan fingerprint density at radius 3 is 2.83 bits per heavy atom. The fourth-order valence-corrected chi connectivity index (χ4v) is 2.48. The Morgan fingerprint density at radius 2 is 2.17 bits per heavy atom. The summed E-state index contributed by atoms with van der Waals surface area (Å²) in [6, 6.07) is 7.86. The zero-order valence-corrected chi connectivity index (χ0v) is 17.3. The van der Waals surface area contributed by atoms with Crippen molar-refractivity contribution < 1.29 is 0 Å². The van der Waals surface area contributed by atoms with Crippen LogP contribution in [0.5, 0.6) is 0 Å². The Morgan fingerprint density at radius 1 is 1.38 bits per heavy atom. The highest BCUT2D eigenvalue weighted by Gasteiger charge is 2.08. The van der Waals surface area contributed by atoms with Gasteiger partial charge in [0.25, 0.3) is 0 Å². The van der Waals surface area contributed by atoms with Crippen LogP contribution in [-0.2, 0) is 19.6 Å². The molecule has 24 heavy (non-hydrogen) atoms. The van der Waals surface area contributed by atoms with Crippen molar-refractivity contribution in [3.05, 3.63) is 47.0 Å². The lowest BCUT2D eigenvalue weighted by molar-refractivity contribution is 0.476. The van der Waals surface area contributed by atoms with Crippen molar-refractivity contribution in [3.8, 4) is 0 Å². The van der Waals surface area contributed by atoms with Crippen LogP contribution in [0.15, 0.2) is 35.6 Å². The Bertz CT molecular complexity index is 658. The molecule has 0 radical (unpaired) electrons. The molecular formula is C16H24ClIN6. The van der Waals surface area contributed by atoms with Gasteiger partial charge in [-0.15, -0.1) is 34.2 Å². The summed E-state index contributed by atoms with van der Waals surface area (Å²) in [5.74, 6) is 1.69. The Balaban J connectivity index is 0.00000288. The molecule has 0 atom stereocenters. The van der Waals surface area contributed by atoms with Gasteiger partial charge in [0.15, 0.2) is 11.8 Å². The number of halogens is 2. The van der Waals surface area contributed by atoms with E-state index in [9.17, 15) is 0 Å². The molecule has 0 bridgehead atoms. The maximum absolute atomic E-state index is 6.05. The molecule has 0 amide bonds. The monoisotopic (exact) mass is 462 g/mol. The summed E-state index contributed by atoms with van der Waals surface area (Å²) in [4.78, 5) is 6.73. The van der Waals surface area contributed by atoms with Crippen LogP contribution in [0.4, 0.5) is 0 Å². The van der Waals surface area contributed by atoms with Crippen molar-refractivity contribution in [3.63, 3.8) is 0 Å². The van der Waals surface area contributed by atoms with E-state index in [0.29, 0.717) is 6.54 Å². The molecule has 0 saturated carbocycles. The third-order valence-corrected chi connectivity index (χ3v) is 3.65. The molecule has 1 heterocycles. The van der Waals surface area contributed by atoms with Crippen LogP contribution in [0.3, 0.4) is 0 Å². The molecule has 0 unspecified atom stereocenters. The standard InChI is InChI=1S/C16H23ClN6.HI/c1-4-18-16(19-10-15-21-20-12-23(15)5-2)22(3)11-13-7-6-8-14(17)9-13;/h6-9,12H,4-5,10-11H2,1-3H3,(H,18,19);1H. The van der Waals surface area contributed by atoms with Crippen LogP contribution >= 0.6 is 35.6 Å². The molecule has 0 aliphatic heterocycles. The maximum atomic E-state index is 6.05. The van der Waals surface area contributed by atoms with E-state index in [4.69, 9.17) is 11.6 Å². The summed E-state index contributed by atoms with van der Waals surface area (Å²) in [6.07, 6.45) is 1.73.